The van der Waals surface area contributed by atoms with Gasteiger partial charge in [-0.2, -0.15) is 5.01 Å². The Labute approximate surface area is 171 Å². The molecule has 2 aliphatic heterocycles. The molecular formula is C20H18N4O4S. The van der Waals surface area contributed by atoms with E-state index in [1.807, 2.05) is 18.2 Å². The van der Waals surface area contributed by atoms with Crippen LogP contribution in [0.4, 0.5) is 10.5 Å². The van der Waals surface area contributed by atoms with Crippen molar-refractivity contribution >= 4 is 41.2 Å². The van der Waals surface area contributed by atoms with Crippen molar-refractivity contribution in [2.24, 2.45) is 0 Å². The maximum Gasteiger partial charge on any atom is 0.344 e. The average Bonchev–Trinajstić information content (AvgIpc) is 2.93. The number of nitrogens with one attached hydrogen (secondary N) is 3. The Morgan fingerprint density at radius 1 is 1.10 bits per heavy atom. The summed E-state index contributed by atoms with van der Waals surface area (Å²) in [6.45, 7) is 1.58. The van der Waals surface area contributed by atoms with Crippen LogP contribution in [0.15, 0.2) is 59.5 Å². The van der Waals surface area contributed by atoms with E-state index in [4.69, 9.17) is 0 Å². The molecule has 148 valence electrons. The lowest BCUT2D eigenvalue weighted by Crippen LogP contribution is -2.49. The number of rotatable bonds is 4. The second kappa shape index (κ2) is 7.25. The molecule has 4 rings (SSSR count). The first kappa shape index (κ1) is 19.0. The van der Waals surface area contributed by atoms with Crippen molar-refractivity contribution in [1.29, 1.82) is 0 Å². The second-order valence-electron chi connectivity index (χ2n) is 6.89. The zero-order valence-electron chi connectivity index (χ0n) is 15.5. The molecule has 0 radical (unpaired) electrons. The molecule has 5 amide bonds. The Hall–Kier alpha value is -3.33. The summed E-state index contributed by atoms with van der Waals surface area (Å²) in [7, 11) is 0. The summed E-state index contributed by atoms with van der Waals surface area (Å²) >= 11 is 1.27. The molecule has 29 heavy (non-hydrogen) atoms. The molecule has 2 heterocycles. The highest BCUT2D eigenvalue weighted by Crippen LogP contribution is 2.36. The highest BCUT2D eigenvalue weighted by Gasteiger charge is 2.50. The number of carbonyl (C=O) groups is 4. The van der Waals surface area contributed by atoms with Crippen LogP contribution < -0.4 is 16.1 Å². The van der Waals surface area contributed by atoms with Crippen LogP contribution in [0.5, 0.6) is 0 Å². The van der Waals surface area contributed by atoms with E-state index in [-0.39, 0.29) is 12.3 Å². The highest BCUT2D eigenvalue weighted by molar-refractivity contribution is 8.01. The van der Waals surface area contributed by atoms with Gasteiger partial charge >= 0.3 is 6.03 Å². The number of benzene rings is 2. The monoisotopic (exact) mass is 410 g/mol. The van der Waals surface area contributed by atoms with Crippen molar-refractivity contribution in [3.05, 3.63) is 60.2 Å². The highest BCUT2D eigenvalue weighted by atomic mass is 32.2. The van der Waals surface area contributed by atoms with E-state index in [0.717, 1.165) is 4.90 Å². The van der Waals surface area contributed by atoms with E-state index < -0.39 is 28.6 Å². The molecular weight excluding hydrogens is 392 g/mol. The van der Waals surface area contributed by atoms with Crippen molar-refractivity contribution in [1.82, 2.24) is 15.8 Å². The van der Waals surface area contributed by atoms with Crippen LogP contribution in [-0.2, 0) is 19.9 Å². The van der Waals surface area contributed by atoms with Gasteiger partial charge in [0, 0.05) is 11.3 Å². The summed E-state index contributed by atoms with van der Waals surface area (Å²) in [6.07, 6.45) is -0.177. The molecule has 3 N–H and O–H groups in total. The summed E-state index contributed by atoms with van der Waals surface area (Å²) in [6, 6.07) is 15.4. The van der Waals surface area contributed by atoms with Crippen molar-refractivity contribution in [2.45, 2.75) is 29.0 Å². The smallest absolute Gasteiger partial charge is 0.324 e. The summed E-state index contributed by atoms with van der Waals surface area (Å²) in [5.41, 5.74) is 2.36. The molecule has 0 aliphatic carbocycles. The van der Waals surface area contributed by atoms with Gasteiger partial charge in [-0.3, -0.25) is 19.8 Å². The predicted octanol–water partition coefficient (Wildman–Crippen LogP) is 1.99. The number of urea groups is 1. The standard InChI is InChI=1S/C20H18N4O4S/c1-20(12-7-3-2-4-8-12)18(27)24(19(28)22-20)23-16(25)11-15-17(26)21-13-9-5-6-10-14(13)29-15/h2-10,15H,11H2,1H3,(H,21,26)(H,22,28)(H,23,25). The minimum absolute atomic E-state index is 0.177. The van der Waals surface area contributed by atoms with Crippen LogP contribution in [0.2, 0.25) is 0 Å². The number of hydrazine groups is 1. The van der Waals surface area contributed by atoms with Crippen molar-refractivity contribution in [3.8, 4) is 0 Å². The van der Waals surface area contributed by atoms with Crippen LogP contribution in [-0.4, -0.2) is 34.0 Å². The molecule has 2 aromatic rings. The molecule has 2 unspecified atom stereocenters. The number of amides is 5. The Morgan fingerprint density at radius 3 is 2.55 bits per heavy atom. The van der Waals surface area contributed by atoms with Crippen LogP contribution in [0.3, 0.4) is 0 Å². The number of nitrogens with zero attached hydrogens (tertiary/aromatic N) is 1. The van der Waals surface area contributed by atoms with Crippen molar-refractivity contribution in [2.75, 3.05) is 5.32 Å². The zero-order chi connectivity index (χ0) is 20.6. The SMILES string of the molecule is CC1(c2ccccc2)NC(=O)N(NC(=O)CC2Sc3ccccc3NC2=O)C1=O. The number of carbonyl (C=O) groups excluding carboxylic acids is 4. The van der Waals surface area contributed by atoms with Gasteiger partial charge in [-0.1, -0.05) is 42.5 Å². The number of hydrogen-bond donors (Lipinski definition) is 3. The van der Waals surface area contributed by atoms with Crippen molar-refractivity contribution < 1.29 is 19.2 Å². The maximum atomic E-state index is 12.8. The van der Waals surface area contributed by atoms with Gasteiger partial charge in [0.05, 0.1) is 10.9 Å². The van der Waals surface area contributed by atoms with Crippen LogP contribution >= 0.6 is 11.8 Å². The first-order valence-corrected chi connectivity index (χ1v) is 9.85. The quantitative estimate of drug-likeness (QED) is 0.668. The van der Waals surface area contributed by atoms with Gasteiger partial charge in [-0.05, 0) is 24.6 Å². The van der Waals surface area contributed by atoms with E-state index in [2.05, 4.69) is 16.1 Å². The normalized spacial score (nSPS) is 23.3. The minimum atomic E-state index is -1.28. The first-order chi connectivity index (χ1) is 13.9. The average molecular weight is 410 g/mol. The molecule has 9 heteroatoms. The number of thioether (sulfide) groups is 1. The Bertz CT molecular complexity index is 1010. The number of fused-ring (bicyclic) bond motifs is 1. The summed E-state index contributed by atoms with van der Waals surface area (Å²) in [5.74, 6) is -1.49. The molecule has 1 saturated heterocycles. The largest absolute Gasteiger partial charge is 0.344 e. The number of anilines is 1. The summed E-state index contributed by atoms with van der Waals surface area (Å²) in [4.78, 5) is 50.8. The lowest BCUT2D eigenvalue weighted by Gasteiger charge is -2.24. The third kappa shape index (κ3) is 3.44. The second-order valence-corrected chi connectivity index (χ2v) is 8.14. The molecule has 0 saturated carbocycles. The van der Waals surface area contributed by atoms with Gasteiger partial charge < -0.3 is 10.6 Å². The van der Waals surface area contributed by atoms with Crippen molar-refractivity contribution in [3.63, 3.8) is 0 Å². The van der Waals surface area contributed by atoms with Gasteiger partial charge in [-0.15, -0.1) is 11.8 Å². The third-order valence-electron chi connectivity index (χ3n) is 4.86. The maximum absolute atomic E-state index is 12.8. The van der Waals surface area contributed by atoms with Gasteiger partial charge in [0.15, 0.2) is 0 Å². The molecule has 0 bridgehead atoms. The van der Waals surface area contributed by atoms with Crippen LogP contribution in [0.25, 0.3) is 0 Å². The third-order valence-corrected chi connectivity index (χ3v) is 6.13. The van der Waals surface area contributed by atoms with Crippen LogP contribution in [0, 0.1) is 0 Å². The van der Waals surface area contributed by atoms with Crippen LogP contribution in [0.1, 0.15) is 18.9 Å². The Kier molecular flexibility index (Phi) is 4.75. The molecule has 2 atom stereocenters. The minimum Gasteiger partial charge on any atom is -0.324 e. The zero-order valence-corrected chi connectivity index (χ0v) is 16.3. The van der Waals surface area contributed by atoms with E-state index >= 15 is 0 Å². The van der Waals surface area contributed by atoms with Gasteiger partial charge in [-0.25, -0.2) is 4.79 Å². The van der Waals surface area contributed by atoms with E-state index in [0.29, 0.717) is 16.3 Å². The lowest BCUT2D eigenvalue weighted by molar-refractivity contribution is -0.139. The Morgan fingerprint density at radius 2 is 1.79 bits per heavy atom. The number of imide groups is 1. The van der Waals surface area contributed by atoms with E-state index in [1.54, 1.807) is 43.3 Å². The van der Waals surface area contributed by atoms with E-state index in [1.165, 1.54) is 11.8 Å². The molecule has 0 spiro atoms. The lowest BCUT2D eigenvalue weighted by atomic mass is 9.92. The predicted molar refractivity (Wildman–Crippen MR) is 107 cm³/mol. The molecule has 8 nitrogen and oxygen atoms in total. The van der Waals surface area contributed by atoms with Gasteiger partial charge in [0.25, 0.3) is 5.91 Å². The topological polar surface area (TPSA) is 108 Å². The fourth-order valence-electron chi connectivity index (χ4n) is 3.27. The molecule has 1 fully saturated rings. The fraction of sp³-hybridized carbons (Fsp3) is 0.200. The van der Waals surface area contributed by atoms with E-state index in [9.17, 15) is 19.2 Å². The number of hydrogen-bond acceptors (Lipinski definition) is 5. The molecule has 0 aromatic heterocycles. The Balaban J connectivity index is 1.44. The number of para-hydroxylation sites is 1. The summed E-state index contributed by atoms with van der Waals surface area (Å²) < 4.78 is 0. The van der Waals surface area contributed by atoms with Gasteiger partial charge in [0.1, 0.15) is 5.54 Å². The summed E-state index contributed by atoms with van der Waals surface area (Å²) in [5, 5.41) is 5.39. The fourth-order valence-corrected chi connectivity index (χ4v) is 4.38. The molecule has 2 aromatic carbocycles. The molecule has 2 aliphatic rings. The first-order valence-electron chi connectivity index (χ1n) is 8.97. The van der Waals surface area contributed by atoms with Gasteiger partial charge in [0.2, 0.25) is 11.8 Å².